The molecular formula is C12H10BrCl2N3S. The molecule has 1 fully saturated rings. The van der Waals surface area contributed by atoms with Crippen molar-refractivity contribution in [3.8, 4) is 11.4 Å². The summed E-state index contributed by atoms with van der Waals surface area (Å²) in [7, 11) is 0. The van der Waals surface area contributed by atoms with Crippen molar-refractivity contribution in [2.75, 3.05) is 5.75 Å². The maximum atomic E-state index is 5.99. The lowest BCUT2D eigenvalue weighted by Gasteiger charge is -1.98. The molecule has 1 aliphatic carbocycles. The number of H-pyrrole nitrogens is 1. The van der Waals surface area contributed by atoms with Gasteiger partial charge in [0.25, 0.3) is 0 Å². The summed E-state index contributed by atoms with van der Waals surface area (Å²) in [5, 5.41) is 7.87. The first-order valence-electron chi connectivity index (χ1n) is 5.74. The third-order valence-electron chi connectivity index (χ3n) is 2.96. The zero-order valence-electron chi connectivity index (χ0n) is 9.74. The lowest BCUT2D eigenvalue weighted by Crippen LogP contribution is -1.93. The van der Waals surface area contributed by atoms with Gasteiger partial charge in [-0.05, 0) is 12.5 Å². The molecule has 1 heterocycles. The van der Waals surface area contributed by atoms with Gasteiger partial charge in [-0.2, -0.15) is 0 Å². The zero-order chi connectivity index (χ0) is 13.5. The van der Waals surface area contributed by atoms with Gasteiger partial charge in [0.15, 0.2) is 5.82 Å². The normalized spacial score (nSPS) is 20.5. The molecule has 100 valence electrons. The van der Waals surface area contributed by atoms with Crippen molar-refractivity contribution in [1.82, 2.24) is 15.2 Å². The van der Waals surface area contributed by atoms with Crippen LogP contribution in [-0.4, -0.2) is 25.3 Å². The summed E-state index contributed by atoms with van der Waals surface area (Å²) < 4.78 is 0.458. The molecule has 0 amide bonds. The molecule has 1 aliphatic rings. The Bertz CT molecular complexity index is 602. The van der Waals surface area contributed by atoms with Crippen LogP contribution in [0.1, 0.15) is 6.42 Å². The lowest BCUT2D eigenvalue weighted by atomic mass is 10.2. The molecule has 0 bridgehead atoms. The number of nitrogens with zero attached hydrogens (tertiary/aromatic N) is 2. The molecule has 1 aromatic carbocycles. The van der Waals surface area contributed by atoms with Crippen LogP contribution in [0.25, 0.3) is 11.4 Å². The molecule has 0 unspecified atom stereocenters. The average molecular weight is 379 g/mol. The number of benzene rings is 1. The van der Waals surface area contributed by atoms with Gasteiger partial charge in [-0.3, -0.25) is 5.10 Å². The van der Waals surface area contributed by atoms with Crippen molar-refractivity contribution in [1.29, 1.82) is 0 Å². The van der Waals surface area contributed by atoms with E-state index >= 15 is 0 Å². The molecular weight excluding hydrogens is 369 g/mol. The number of hydrogen-bond acceptors (Lipinski definition) is 3. The minimum absolute atomic E-state index is 0.339. The van der Waals surface area contributed by atoms with Crippen LogP contribution in [0.5, 0.6) is 0 Å². The molecule has 19 heavy (non-hydrogen) atoms. The number of aromatic nitrogens is 3. The fraction of sp³-hybridized carbons (Fsp3) is 0.333. The molecule has 0 spiro atoms. The molecule has 0 saturated heterocycles. The van der Waals surface area contributed by atoms with Crippen LogP contribution in [-0.2, 0) is 0 Å². The Kier molecular flexibility index (Phi) is 3.82. The third-order valence-corrected chi connectivity index (χ3v) is 5.59. The summed E-state index contributed by atoms with van der Waals surface area (Å²) in [6, 6.07) is 7.90. The van der Waals surface area contributed by atoms with E-state index in [0.29, 0.717) is 5.92 Å². The first kappa shape index (κ1) is 13.7. The van der Waals surface area contributed by atoms with Gasteiger partial charge in [0.05, 0.1) is 0 Å². The Morgan fingerprint density at radius 2 is 2.16 bits per heavy atom. The van der Waals surface area contributed by atoms with Gasteiger partial charge in [0, 0.05) is 21.7 Å². The first-order chi connectivity index (χ1) is 9.06. The second-order valence-corrected chi connectivity index (χ2v) is 7.80. The van der Waals surface area contributed by atoms with E-state index in [-0.39, 0.29) is 0 Å². The highest BCUT2D eigenvalue weighted by Gasteiger charge is 2.51. The summed E-state index contributed by atoms with van der Waals surface area (Å²) in [5.41, 5.74) is 0.998. The number of nitrogens with one attached hydrogen (secondary N) is 1. The predicted molar refractivity (Wildman–Crippen MR) is 82.8 cm³/mol. The van der Waals surface area contributed by atoms with Crippen molar-refractivity contribution in [2.45, 2.75) is 15.9 Å². The van der Waals surface area contributed by atoms with Crippen molar-refractivity contribution >= 4 is 50.9 Å². The fourth-order valence-corrected chi connectivity index (χ4v) is 3.91. The largest absolute Gasteiger partial charge is 0.258 e. The Morgan fingerprint density at radius 1 is 1.42 bits per heavy atom. The van der Waals surface area contributed by atoms with E-state index in [0.717, 1.165) is 33.2 Å². The smallest absolute Gasteiger partial charge is 0.208 e. The third kappa shape index (κ3) is 3.10. The lowest BCUT2D eigenvalue weighted by molar-refractivity contribution is 0.945. The summed E-state index contributed by atoms with van der Waals surface area (Å²) in [4.78, 5) is 4.47. The molecule has 7 heteroatoms. The van der Waals surface area contributed by atoms with E-state index in [2.05, 4.69) is 31.1 Å². The van der Waals surface area contributed by atoms with E-state index in [1.54, 1.807) is 11.8 Å². The van der Waals surface area contributed by atoms with Crippen LogP contribution in [0.4, 0.5) is 0 Å². The van der Waals surface area contributed by atoms with Crippen LogP contribution in [0.3, 0.4) is 0 Å². The highest BCUT2D eigenvalue weighted by atomic mass is 79.9. The number of alkyl halides is 2. The second-order valence-electron chi connectivity index (χ2n) is 4.42. The van der Waals surface area contributed by atoms with E-state index in [1.165, 1.54) is 0 Å². The van der Waals surface area contributed by atoms with Crippen LogP contribution in [0.15, 0.2) is 33.9 Å². The van der Waals surface area contributed by atoms with Gasteiger partial charge < -0.3 is 0 Å². The number of halogens is 3. The molecule has 3 rings (SSSR count). The number of thioether (sulfide) groups is 1. The Morgan fingerprint density at radius 3 is 2.84 bits per heavy atom. The van der Waals surface area contributed by atoms with Crippen molar-refractivity contribution in [3.05, 3.63) is 28.7 Å². The van der Waals surface area contributed by atoms with E-state index in [4.69, 9.17) is 23.2 Å². The first-order valence-corrected chi connectivity index (χ1v) is 8.27. The van der Waals surface area contributed by atoms with E-state index < -0.39 is 4.33 Å². The molecule has 2 aromatic rings. The molecule has 1 saturated carbocycles. The van der Waals surface area contributed by atoms with Gasteiger partial charge >= 0.3 is 0 Å². The Balaban J connectivity index is 1.68. The van der Waals surface area contributed by atoms with Crippen molar-refractivity contribution < 1.29 is 0 Å². The zero-order valence-corrected chi connectivity index (χ0v) is 13.7. The SMILES string of the molecule is ClC1(Cl)C[C@H]1CSc1n[nH]c(-c2ccccc2Br)n1. The number of rotatable bonds is 4. The molecule has 3 nitrogen and oxygen atoms in total. The molecule has 1 N–H and O–H groups in total. The van der Waals surface area contributed by atoms with Gasteiger partial charge in [0.2, 0.25) is 5.16 Å². The number of aromatic amines is 1. The predicted octanol–water partition coefficient (Wildman–Crippen LogP) is 4.52. The summed E-state index contributed by atoms with van der Waals surface area (Å²) >= 11 is 17.1. The monoisotopic (exact) mass is 377 g/mol. The quantitative estimate of drug-likeness (QED) is 0.628. The molecule has 1 aromatic heterocycles. The highest BCUT2D eigenvalue weighted by molar-refractivity contribution is 9.10. The molecule has 1 atom stereocenters. The van der Waals surface area contributed by atoms with Crippen LogP contribution >= 0.6 is 50.9 Å². The van der Waals surface area contributed by atoms with Crippen molar-refractivity contribution in [3.63, 3.8) is 0 Å². The van der Waals surface area contributed by atoms with E-state index in [1.807, 2.05) is 24.3 Å². The minimum atomic E-state index is -0.533. The topological polar surface area (TPSA) is 41.6 Å². The molecule has 0 aliphatic heterocycles. The van der Waals surface area contributed by atoms with Crippen LogP contribution < -0.4 is 0 Å². The summed E-state index contributed by atoms with van der Waals surface area (Å²) in [5.74, 6) is 1.94. The van der Waals surface area contributed by atoms with Gasteiger partial charge in [-0.1, -0.05) is 45.9 Å². The average Bonchev–Trinajstić information content (AvgIpc) is 2.79. The van der Waals surface area contributed by atoms with Crippen LogP contribution in [0, 0.1) is 5.92 Å². The van der Waals surface area contributed by atoms with Crippen LogP contribution in [0.2, 0.25) is 0 Å². The number of hydrogen-bond donors (Lipinski definition) is 1. The Labute approximate surface area is 133 Å². The standard InChI is InChI=1S/C12H10BrCl2N3S/c13-9-4-2-1-3-8(9)10-16-11(18-17-10)19-6-7-5-12(7,14)15/h1-4,7H,5-6H2,(H,16,17,18)/t7-/m0/s1. The fourth-order valence-electron chi connectivity index (χ4n) is 1.71. The second kappa shape index (κ2) is 5.28. The van der Waals surface area contributed by atoms with Gasteiger partial charge in [-0.25, -0.2) is 4.98 Å². The summed E-state index contributed by atoms with van der Waals surface area (Å²) in [6.45, 7) is 0. The minimum Gasteiger partial charge on any atom is -0.258 e. The van der Waals surface area contributed by atoms with E-state index in [9.17, 15) is 0 Å². The molecule has 0 radical (unpaired) electrons. The Hall–Kier alpha value is -0.230. The van der Waals surface area contributed by atoms with Gasteiger partial charge in [0.1, 0.15) is 4.33 Å². The maximum absolute atomic E-state index is 5.99. The maximum Gasteiger partial charge on any atom is 0.208 e. The summed E-state index contributed by atoms with van der Waals surface area (Å²) in [6.07, 6.45) is 0.852. The van der Waals surface area contributed by atoms with Gasteiger partial charge in [-0.15, -0.1) is 28.3 Å². The van der Waals surface area contributed by atoms with Crippen molar-refractivity contribution in [2.24, 2.45) is 5.92 Å². The highest BCUT2D eigenvalue weighted by Crippen LogP contribution is 2.54.